The minimum absolute atomic E-state index is 0. The summed E-state index contributed by atoms with van der Waals surface area (Å²) in [5.41, 5.74) is -4.78. The normalized spacial score (nSPS) is 35.3. The van der Waals surface area contributed by atoms with Gasteiger partial charge in [-0.15, -0.1) is 0 Å². The molecule has 14 heteroatoms. The first-order valence-electron chi connectivity index (χ1n) is 33.7. The van der Waals surface area contributed by atoms with E-state index in [-0.39, 0.29) is 99.8 Å². The molecule has 11 aliphatic carbocycles. The summed E-state index contributed by atoms with van der Waals surface area (Å²) in [5, 5.41) is 0. The van der Waals surface area contributed by atoms with Gasteiger partial charge in [-0.25, -0.2) is 9.59 Å². The van der Waals surface area contributed by atoms with E-state index in [2.05, 4.69) is 13.8 Å². The van der Waals surface area contributed by atoms with Crippen LogP contribution in [0.3, 0.4) is 0 Å². The number of hydrogen-bond acceptors (Lipinski definition) is 14. The summed E-state index contributed by atoms with van der Waals surface area (Å²) >= 11 is 0. The lowest BCUT2D eigenvalue weighted by atomic mass is 9.50. The highest BCUT2D eigenvalue weighted by Gasteiger charge is 2.74. The number of esters is 6. The maximum Gasteiger partial charge on any atom is 0.332 e. The molecule has 14 nitrogen and oxygen atoms in total. The molecule has 502 valence electrons. The van der Waals surface area contributed by atoms with Gasteiger partial charge in [-0.3, -0.25) is 19.2 Å². The van der Waals surface area contributed by atoms with Gasteiger partial charge in [0.2, 0.25) is 0 Å². The maximum atomic E-state index is 13.2. The smallest absolute Gasteiger partial charge is 0.332 e. The average molecular weight is 1230 g/mol. The van der Waals surface area contributed by atoms with E-state index in [1.54, 1.807) is 0 Å². The van der Waals surface area contributed by atoms with E-state index in [4.69, 9.17) is 37.9 Å². The molecule has 15 atom stereocenters. The lowest BCUT2D eigenvalue weighted by molar-refractivity contribution is -0.287. The average Bonchev–Trinajstić information content (AvgIpc) is 1.57. The number of rotatable bonds is 21. The van der Waals surface area contributed by atoms with Crippen molar-refractivity contribution in [2.45, 2.75) is 327 Å². The first-order chi connectivity index (χ1) is 39.0. The van der Waals surface area contributed by atoms with Gasteiger partial charge in [-0.2, -0.15) is 0 Å². The van der Waals surface area contributed by atoms with E-state index in [1.165, 1.54) is 32.1 Å². The Hall–Kier alpha value is -3.26. The summed E-state index contributed by atoms with van der Waals surface area (Å²) in [6.45, 7) is 35.0. The fraction of sp³-hybridized carbons (Fsp3) is 0.918. The summed E-state index contributed by atoms with van der Waals surface area (Å²) in [7, 11) is 0. The van der Waals surface area contributed by atoms with Crippen molar-refractivity contribution in [1.82, 2.24) is 0 Å². The van der Waals surface area contributed by atoms with Crippen LogP contribution in [0.2, 0.25) is 0 Å². The van der Waals surface area contributed by atoms with Gasteiger partial charge in [0.25, 0.3) is 0 Å². The molecule has 0 aliphatic heterocycles. The molecule has 0 aromatic heterocycles. The van der Waals surface area contributed by atoms with Crippen molar-refractivity contribution in [2.75, 3.05) is 13.2 Å². The van der Waals surface area contributed by atoms with Crippen LogP contribution in [0.4, 0.5) is 0 Å². The van der Waals surface area contributed by atoms with Crippen molar-refractivity contribution in [3.8, 4) is 0 Å². The number of fused-ring (bicyclic) bond motifs is 16. The van der Waals surface area contributed by atoms with Crippen molar-refractivity contribution >= 4 is 35.8 Å². The Kier molecular flexibility index (Phi) is 23.6. The molecule has 11 rings (SSSR count). The van der Waals surface area contributed by atoms with Crippen molar-refractivity contribution < 1.29 is 66.7 Å². The van der Waals surface area contributed by atoms with Gasteiger partial charge in [0, 0.05) is 19.3 Å². The number of ether oxygens (including phenoxy) is 8. The standard InChI is InChI=1S/C30H50O8.C28H42O4.C12H22O2.3CH4/c1-10-25(4,5)24(33)38-30-15-21-13-28(19-30,34-16-22(31)36-26(6,7)11-2)18-29(14-21,20-30)35-17-23(32)37-27(8,9)12-3;1-7-28(5,6)26(30)31-20-11-14-10-17(20)24-19-12-18(22(14)24)23-15-8-13(21(19)23)9-16(15)25(29)32-27(2,3)4;1-4-10(3)11(13)14-12(5-2)8-6-7-9-12;;;/h21H,10-20H2,1-9H3;13-24H,7-12H2,1-6H3;10H,4-9H2,1-3H3;3*1H4. The summed E-state index contributed by atoms with van der Waals surface area (Å²) in [6.07, 6.45) is 19.3. The van der Waals surface area contributed by atoms with Gasteiger partial charge in [0.05, 0.1) is 33.9 Å². The molecule has 0 heterocycles. The van der Waals surface area contributed by atoms with Crippen molar-refractivity contribution in [1.29, 1.82) is 0 Å². The molecular formula is C73H126O14. The third kappa shape index (κ3) is 15.8. The Balaban J connectivity index is 0.000000255. The van der Waals surface area contributed by atoms with E-state index in [0.717, 1.165) is 112 Å². The molecule has 10 bridgehead atoms. The Bertz CT molecular complexity index is 2340. The van der Waals surface area contributed by atoms with Crippen LogP contribution < -0.4 is 0 Å². The monoisotopic (exact) mass is 1230 g/mol. The van der Waals surface area contributed by atoms with E-state index >= 15 is 0 Å². The highest BCUT2D eigenvalue weighted by molar-refractivity contribution is 5.77. The molecule has 0 aromatic rings. The molecule has 15 unspecified atom stereocenters. The summed E-state index contributed by atoms with van der Waals surface area (Å²) < 4.78 is 48.0. The quantitative estimate of drug-likeness (QED) is 0.0602. The van der Waals surface area contributed by atoms with Crippen molar-refractivity contribution in [3.05, 3.63) is 0 Å². The molecule has 11 fully saturated rings. The number of hydrogen-bond donors (Lipinski definition) is 0. The molecule has 0 aromatic carbocycles. The minimum Gasteiger partial charge on any atom is -0.462 e. The predicted molar refractivity (Wildman–Crippen MR) is 341 cm³/mol. The van der Waals surface area contributed by atoms with Crippen molar-refractivity contribution in [3.63, 3.8) is 0 Å². The molecule has 11 saturated carbocycles. The van der Waals surface area contributed by atoms with Crippen LogP contribution in [0.1, 0.15) is 282 Å². The molecule has 0 radical (unpaired) electrons. The third-order valence-electron chi connectivity index (χ3n) is 23.8. The third-order valence-corrected chi connectivity index (χ3v) is 23.8. The van der Waals surface area contributed by atoms with Gasteiger partial charge in [-0.1, -0.05) is 70.7 Å². The maximum absolute atomic E-state index is 13.2. The van der Waals surface area contributed by atoms with Gasteiger partial charge in [0.15, 0.2) is 0 Å². The lowest BCUT2D eigenvalue weighted by Crippen LogP contribution is -2.69. The van der Waals surface area contributed by atoms with Crippen LogP contribution >= 0.6 is 0 Å². The largest absolute Gasteiger partial charge is 0.462 e. The molecular weight excluding hydrogens is 1100 g/mol. The number of carbonyl (C=O) groups is 6. The Labute approximate surface area is 528 Å². The second-order valence-corrected chi connectivity index (χ2v) is 32.4. The van der Waals surface area contributed by atoms with E-state index in [0.29, 0.717) is 50.4 Å². The van der Waals surface area contributed by atoms with Crippen LogP contribution in [0.25, 0.3) is 0 Å². The van der Waals surface area contributed by atoms with Crippen LogP contribution in [0.5, 0.6) is 0 Å². The molecule has 0 amide bonds. The minimum atomic E-state index is -0.762. The SMILES string of the molecule is C.C.C.CCC(C)(C)C(=O)OC1CC2CC1C1C3CC(C21)C1C2CC(CC2C(=O)OC(C)(C)C)C31.CCC(C)(C)OC(=O)COC12CC3CC(OCC(=O)OC(C)(C)CC)(C1)CC(OC(=O)C(C)(C)CC)(C3)C2.CCC(C)C(=O)OC1(CC)CCCC1. The first-order valence-corrected chi connectivity index (χ1v) is 33.7. The van der Waals surface area contributed by atoms with Crippen LogP contribution in [-0.2, 0) is 66.7 Å². The second-order valence-electron chi connectivity index (χ2n) is 32.4. The topological polar surface area (TPSA) is 176 Å². The number of carbonyl (C=O) groups excluding carboxylic acids is 6. The molecule has 0 N–H and O–H groups in total. The molecule has 0 saturated heterocycles. The summed E-state index contributed by atoms with van der Waals surface area (Å²) in [6, 6.07) is 0. The van der Waals surface area contributed by atoms with Gasteiger partial charge in [0.1, 0.15) is 47.3 Å². The zero-order chi connectivity index (χ0) is 62.0. The van der Waals surface area contributed by atoms with Gasteiger partial charge >= 0.3 is 35.8 Å². The van der Waals surface area contributed by atoms with E-state index in [9.17, 15) is 28.8 Å². The molecule has 11 aliphatic rings. The highest BCUT2D eigenvalue weighted by atomic mass is 16.6. The van der Waals surface area contributed by atoms with Gasteiger partial charge in [-0.05, 0) is 257 Å². The van der Waals surface area contributed by atoms with E-state index in [1.807, 2.05) is 111 Å². The second kappa shape index (κ2) is 27.5. The summed E-state index contributed by atoms with van der Waals surface area (Å²) in [5.74, 6) is 6.86. The Morgan fingerprint density at radius 2 is 0.966 bits per heavy atom. The Morgan fingerprint density at radius 1 is 0.506 bits per heavy atom. The van der Waals surface area contributed by atoms with E-state index < -0.39 is 45.4 Å². The zero-order valence-corrected chi connectivity index (χ0v) is 55.6. The van der Waals surface area contributed by atoms with Crippen molar-refractivity contribution in [2.24, 2.45) is 87.8 Å². The summed E-state index contributed by atoms with van der Waals surface area (Å²) in [4.78, 5) is 76.0. The lowest BCUT2D eigenvalue weighted by Gasteiger charge is -2.64. The Morgan fingerprint density at radius 3 is 1.44 bits per heavy atom. The zero-order valence-electron chi connectivity index (χ0n) is 55.6. The van der Waals surface area contributed by atoms with Gasteiger partial charge < -0.3 is 37.9 Å². The fourth-order valence-electron chi connectivity index (χ4n) is 18.4. The van der Waals surface area contributed by atoms with Crippen LogP contribution in [-0.4, -0.2) is 94.3 Å². The predicted octanol–water partition coefficient (Wildman–Crippen LogP) is 16.4. The first kappa shape index (κ1) is 74.5. The molecule has 0 spiro atoms. The highest BCUT2D eigenvalue weighted by Crippen LogP contribution is 2.77. The molecule has 87 heavy (non-hydrogen) atoms. The van der Waals surface area contributed by atoms with Crippen LogP contribution in [0.15, 0.2) is 0 Å². The fourth-order valence-corrected chi connectivity index (χ4v) is 18.4. The van der Waals surface area contributed by atoms with Crippen LogP contribution in [0, 0.1) is 87.8 Å².